The van der Waals surface area contributed by atoms with E-state index in [1.54, 1.807) is 11.3 Å². The summed E-state index contributed by atoms with van der Waals surface area (Å²) in [6.45, 7) is 4.94. The molecule has 1 aromatic heterocycles. The highest BCUT2D eigenvalue weighted by Gasteiger charge is 2.27. The Kier molecular flexibility index (Phi) is 12.4. The summed E-state index contributed by atoms with van der Waals surface area (Å²) >= 11 is 1.75. The Hall–Kier alpha value is -0.590. The monoisotopic (exact) mass is 534 g/mol. The predicted molar refractivity (Wildman–Crippen MR) is 119 cm³/mol. The highest BCUT2D eigenvalue weighted by Crippen LogP contribution is 2.28. The smallest absolute Gasteiger partial charge is 0.372 e. The number of likely N-dealkylation sites (tertiary alicyclic amines) is 1. The molecule has 1 aliphatic rings. The van der Waals surface area contributed by atoms with E-state index in [0.717, 1.165) is 19.6 Å². The number of nitrogens with one attached hydrogen (secondary N) is 2. The molecule has 1 aliphatic heterocycles. The molecule has 5 nitrogen and oxygen atoms in total. The summed E-state index contributed by atoms with van der Waals surface area (Å²) < 4.78 is 40.7. The number of aliphatic imine (C=N–C) groups is 1. The minimum atomic E-state index is -4.27. The second-order valence-corrected chi connectivity index (χ2v) is 7.42. The molecule has 10 heteroatoms. The van der Waals surface area contributed by atoms with Gasteiger partial charge in [-0.25, -0.2) is 0 Å². The molecule has 28 heavy (non-hydrogen) atoms. The van der Waals surface area contributed by atoms with Crippen LogP contribution in [-0.2, 0) is 4.74 Å². The maximum atomic E-state index is 12.0. The predicted octanol–water partition coefficient (Wildman–Crippen LogP) is 4.03. The molecule has 1 unspecified atom stereocenters. The summed E-state index contributed by atoms with van der Waals surface area (Å²) in [5.41, 5.74) is 0. The first-order valence-corrected chi connectivity index (χ1v) is 10.3. The van der Waals surface area contributed by atoms with Gasteiger partial charge in [-0.3, -0.25) is 9.89 Å². The average molecular weight is 534 g/mol. The van der Waals surface area contributed by atoms with E-state index in [9.17, 15) is 13.2 Å². The fraction of sp³-hybridized carbons (Fsp3) is 0.722. The van der Waals surface area contributed by atoms with Gasteiger partial charge in [0.25, 0.3) is 0 Å². The van der Waals surface area contributed by atoms with Crippen LogP contribution in [0.15, 0.2) is 22.5 Å². The topological polar surface area (TPSA) is 48.9 Å². The van der Waals surface area contributed by atoms with Crippen molar-refractivity contribution in [3.05, 3.63) is 22.4 Å². The molecule has 1 atom stereocenters. The van der Waals surface area contributed by atoms with Crippen molar-refractivity contribution in [2.45, 2.75) is 38.4 Å². The van der Waals surface area contributed by atoms with Crippen LogP contribution in [0.4, 0.5) is 13.2 Å². The fourth-order valence-corrected chi connectivity index (χ4v) is 3.86. The largest absolute Gasteiger partial charge is 0.411 e. The summed E-state index contributed by atoms with van der Waals surface area (Å²) in [4.78, 5) is 8.50. The lowest BCUT2D eigenvalue weighted by atomic mass is 10.2. The molecule has 2 heterocycles. The highest BCUT2D eigenvalue weighted by molar-refractivity contribution is 14.0. The van der Waals surface area contributed by atoms with E-state index in [1.165, 1.54) is 17.7 Å². The number of hydrogen-bond donors (Lipinski definition) is 2. The van der Waals surface area contributed by atoms with Gasteiger partial charge in [0.15, 0.2) is 5.96 Å². The Bertz CT molecular complexity index is 552. The van der Waals surface area contributed by atoms with Crippen LogP contribution in [0.3, 0.4) is 0 Å². The molecule has 1 aromatic rings. The van der Waals surface area contributed by atoms with Gasteiger partial charge in [-0.05, 0) is 50.7 Å². The summed E-state index contributed by atoms with van der Waals surface area (Å²) in [5.74, 6) is 0.689. The number of thiophene rings is 1. The van der Waals surface area contributed by atoms with Gasteiger partial charge in [0.05, 0.1) is 12.6 Å². The van der Waals surface area contributed by atoms with Crippen molar-refractivity contribution in [1.82, 2.24) is 15.5 Å². The number of rotatable bonds is 10. The molecule has 0 spiro atoms. The number of alkyl halides is 3. The zero-order chi connectivity index (χ0) is 19.5. The number of ether oxygens (including phenoxy) is 1. The van der Waals surface area contributed by atoms with Crippen molar-refractivity contribution in [3.8, 4) is 0 Å². The van der Waals surface area contributed by atoms with Gasteiger partial charge in [0.2, 0.25) is 0 Å². The van der Waals surface area contributed by atoms with Crippen molar-refractivity contribution < 1.29 is 17.9 Å². The Morgan fingerprint density at radius 2 is 2.07 bits per heavy atom. The lowest BCUT2D eigenvalue weighted by Crippen LogP contribution is -2.39. The second kappa shape index (κ2) is 13.6. The van der Waals surface area contributed by atoms with Gasteiger partial charge in [0.1, 0.15) is 6.61 Å². The molecular formula is C18H30F3IN4OS. The standard InChI is InChI=1S/C18H29F3N4OS.HI/c1-2-22-17(23-8-6-11-26-14-18(19,20)21)24-13-15(16-7-5-12-27-16)25-9-3-4-10-25;/h5,7,12,15H,2-4,6,8-11,13-14H2,1H3,(H2,22,23,24);1H. The highest BCUT2D eigenvalue weighted by atomic mass is 127. The molecule has 0 saturated carbocycles. The van der Waals surface area contributed by atoms with E-state index in [4.69, 9.17) is 4.99 Å². The maximum Gasteiger partial charge on any atom is 0.411 e. The summed E-state index contributed by atoms with van der Waals surface area (Å²) in [5, 5.41) is 8.45. The van der Waals surface area contributed by atoms with Gasteiger partial charge >= 0.3 is 6.18 Å². The van der Waals surface area contributed by atoms with Crippen molar-refractivity contribution in [1.29, 1.82) is 0 Å². The third-order valence-corrected chi connectivity index (χ3v) is 5.22. The van der Waals surface area contributed by atoms with E-state index in [1.807, 2.05) is 6.92 Å². The first kappa shape index (κ1) is 25.4. The molecule has 2 rings (SSSR count). The van der Waals surface area contributed by atoms with Crippen LogP contribution in [0.5, 0.6) is 0 Å². The molecule has 0 aliphatic carbocycles. The van der Waals surface area contributed by atoms with Crippen LogP contribution in [-0.4, -0.2) is 63.0 Å². The molecule has 162 valence electrons. The normalized spacial score (nSPS) is 16.6. The molecule has 0 radical (unpaired) electrons. The fourth-order valence-electron chi connectivity index (χ4n) is 3.01. The molecule has 0 aromatic carbocycles. The van der Waals surface area contributed by atoms with E-state index in [2.05, 4.69) is 37.8 Å². The minimum absolute atomic E-state index is 0. The molecule has 1 saturated heterocycles. The van der Waals surface area contributed by atoms with Crippen molar-refractivity contribution >= 4 is 41.3 Å². The Balaban J connectivity index is 0.00000392. The summed E-state index contributed by atoms with van der Waals surface area (Å²) in [7, 11) is 0. The van der Waals surface area contributed by atoms with Crippen LogP contribution in [0.25, 0.3) is 0 Å². The van der Waals surface area contributed by atoms with Crippen LogP contribution in [0, 0.1) is 0 Å². The van der Waals surface area contributed by atoms with E-state index in [0.29, 0.717) is 25.5 Å². The molecule has 0 amide bonds. The number of hydrogen-bond acceptors (Lipinski definition) is 4. The first-order valence-electron chi connectivity index (χ1n) is 9.43. The van der Waals surface area contributed by atoms with Crippen LogP contribution in [0.2, 0.25) is 0 Å². The van der Waals surface area contributed by atoms with Crippen LogP contribution >= 0.6 is 35.3 Å². The van der Waals surface area contributed by atoms with Gasteiger partial charge < -0.3 is 15.4 Å². The Morgan fingerprint density at radius 1 is 1.32 bits per heavy atom. The maximum absolute atomic E-state index is 12.0. The van der Waals surface area contributed by atoms with E-state index >= 15 is 0 Å². The van der Waals surface area contributed by atoms with Crippen LogP contribution < -0.4 is 10.6 Å². The minimum Gasteiger partial charge on any atom is -0.372 e. The lowest BCUT2D eigenvalue weighted by Gasteiger charge is -2.25. The third-order valence-electron chi connectivity index (χ3n) is 4.24. The summed E-state index contributed by atoms with van der Waals surface area (Å²) in [6, 6.07) is 4.50. The van der Waals surface area contributed by atoms with Gasteiger partial charge in [0, 0.05) is 24.6 Å². The summed E-state index contributed by atoms with van der Waals surface area (Å²) in [6.07, 6.45) is -1.33. The SMILES string of the molecule is CCNC(=NCC(c1cccs1)N1CCCC1)NCCCOCC(F)(F)F.I. The van der Waals surface area contributed by atoms with Crippen LogP contribution in [0.1, 0.15) is 37.1 Å². The number of nitrogens with zero attached hydrogens (tertiary/aromatic N) is 2. The first-order chi connectivity index (χ1) is 13.0. The van der Waals surface area contributed by atoms with Crippen molar-refractivity contribution in [2.75, 3.05) is 45.9 Å². The van der Waals surface area contributed by atoms with Gasteiger partial charge in [-0.2, -0.15) is 13.2 Å². The molecule has 1 fully saturated rings. The Morgan fingerprint density at radius 3 is 2.68 bits per heavy atom. The van der Waals surface area contributed by atoms with E-state index < -0.39 is 12.8 Å². The molecule has 2 N–H and O–H groups in total. The van der Waals surface area contributed by atoms with Gasteiger partial charge in [-0.15, -0.1) is 35.3 Å². The third kappa shape index (κ3) is 9.75. The quantitative estimate of drug-likeness (QED) is 0.206. The second-order valence-electron chi connectivity index (χ2n) is 6.44. The zero-order valence-electron chi connectivity index (χ0n) is 16.1. The number of halogens is 4. The van der Waals surface area contributed by atoms with Crippen molar-refractivity contribution in [3.63, 3.8) is 0 Å². The Labute approximate surface area is 186 Å². The number of guanidine groups is 1. The molecular weight excluding hydrogens is 504 g/mol. The van der Waals surface area contributed by atoms with Gasteiger partial charge in [-0.1, -0.05) is 6.07 Å². The zero-order valence-corrected chi connectivity index (χ0v) is 19.3. The molecule has 0 bridgehead atoms. The van der Waals surface area contributed by atoms with Crippen molar-refractivity contribution in [2.24, 2.45) is 4.99 Å². The average Bonchev–Trinajstić information content (AvgIpc) is 3.31. The van der Waals surface area contributed by atoms with E-state index in [-0.39, 0.29) is 36.6 Å². The lowest BCUT2D eigenvalue weighted by molar-refractivity contribution is -0.173.